The van der Waals surface area contributed by atoms with Crippen LogP contribution in [-0.4, -0.2) is 42.3 Å². The number of methoxy groups -OCH3 is 1. The van der Waals surface area contributed by atoms with Gasteiger partial charge in [0.1, 0.15) is 0 Å². The van der Waals surface area contributed by atoms with Gasteiger partial charge in [-0.15, -0.1) is 0 Å². The van der Waals surface area contributed by atoms with Crippen molar-refractivity contribution in [1.29, 1.82) is 0 Å². The number of amides is 1. The Morgan fingerprint density at radius 3 is 2.59 bits per heavy atom. The number of carbonyl (C=O) groups is 2. The number of ether oxygens (including phenoxy) is 1. The molecule has 1 N–H and O–H groups in total. The van der Waals surface area contributed by atoms with E-state index in [-0.39, 0.29) is 5.97 Å². The number of likely N-dealkylation sites (tertiary alicyclic amines) is 1. The fraction of sp³-hybridized carbons (Fsp3) is 0.667. The van der Waals surface area contributed by atoms with Crippen LogP contribution in [0.4, 0.5) is 4.79 Å². The van der Waals surface area contributed by atoms with Crippen molar-refractivity contribution in [2.45, 2.75) is 25.7 Å². The second-order valence-corrected chi connectivity index (χ2v) is 4.22. The van der Waals surface area contributed by atoms with Crippen molar-refractivity contribution in [2.24, 2.45) is 5.92 Å². The minimum absolute atomic E-state index is 0.328. The van der Waals surface area contributed by atoms with E-state index in [2.05, 4.69) is 4.74 Å². The maximum atomic E-state index is 10.8. The van der Waals surface area contributed by atoms with Crippen LogP contribution in [0.1, 0.15) is 25.7 Å². The number of esters is 1. The average molecular weight is 241 g/mol. The largest absolute Gasteiger partial charge is 0.466 e. The maximum absolute atomic E-state index is 10.8. The predicted molar refractivity (Wildman–Crippen MR) is 62.7 cm³/mol. The van der Waals surface area contributed by atoms with Gasteiger partial charge >= 0.3 is 12.1 Å². The Hall–Kier alpha value is -1.52. The van der Waals surface area contributed by atoms with Gasteiger partial charge in [0.2, 0.25) is 0 Å². The average Bonchev–Trinajstić information content (AvgIpc) is 2.34. The van der Waals surface area contributed by atoms with Crippen molar-refractivity contribution < 1.29 is 19.4 Å². The Morgan fingerprint density at radius 1 is 1.41 bits per heavy atom. The monoisotopic (exact) mass is 241 g/mol. The van der Waals surface area contributed by atoms with E-state index in [1.807, 2.05) is 6.08 Å². The van der Waals surface area contributed by atoms with E-state index in [1.54, 1.807) is 0 Å². The molecule has 0 aromatic rings. The Bertz CT molecular complexity index is 293. The molecular weight excluding hydrogens is 222 g/mol. The van der Waals surface area contributed by atoms with Crippen molar-refractivity contribution in [2.75, 3.05) is 20.2 Å². The Kier molecular flexibility index (Phi) is 5.52. The van der Waals surface area contributed by atoms with Crippen molar-refractivity contribution >= 4 is 12.1 Å². The van der Waals surface area contributed by atoms with E-state index >= 15 is 0 Å². The molecule has 1 aliphatic heterocycles. The van der Waals surface area contributed by atoms with Crippen LogP contribution in [0.3, 0.4) is 0 Å². The molecule has 5 heteroatoms. The van der Waals surface area contributed by atoms with Crippen LogP contribution in [-0.2, 0) is 9.53 Å². The fourth-order valence-electron chi connectivity index (χ4n) is 1.99. The molecule has 1 saturated heterocycles. The molecular formula is C12H19NO4. The standard InChI is InChI=1S/C12H19NO4/c1-17-11(14)5-3-2-4-10-6-8-13(9-7-10)12(15)16/h3,5,10H,2,4,6-9H2,1H3,(H,15,16)/b5-3+. The van der Waals surface area contributed by atoms with Gasteiger partial charge in [-0.2, -0.15) is 0 Å². The van der Waals surface area contributed by atoms with Crippen LogP contribution in [0.2, 0.25) is 0 Å². The van der Waals surface area contributed by atoms with Crippen LogP contribution in [0.5, 0.6) is 0 Å². The summed E-state index contributed by atoms with van der Waals surface area (Å²) in [6, 6.07) is 0. The number of nitrogens with zero attached hydrogens (tertiary/aromatic N) is 1. The lowest BCUT2D eigenvalue weighted by atomic mass is 9.92. The minimum Gasteiger partial charge on any atom is -0.466 e. The second-order valence-electron chi connectivity index (χ2n) is 4.22. The first kappa shape index (κ1) is 13.5. The van der Waals surface area contributed by atoms with Crippen LogP contribution in [0, 0.1) is 5.92 Å². The maximum Gasteiger partial charge on any atom is 0.407 e. The summed E-state index contributed by atoms with van der Waals surface area (Å²) in [5.41, 5.74) is 0. The first-order valence-corrected chi connectivity index (χ1v) is 5.86. The molecule has 0 saturated carbocycles. The zero-order valence-corrected chi connectivity index (χ0v) is 10.1. The molecule has 1 fully saturated rings. The van der Waals surface area contributed by atoms with Gasteiger partial charge in [0.15, 0.2) is 0 Å². The van der Waals surface area contributed by atoms with Gasteiger partial charge in [-0.3, -0.25) is 0 Å². The molecule has 0 atom stereocenters. The highest BCUT2D eigenvalue weighted by Gasteiger charge is 2.21. The van der Waals surface area contributed by atoms with Crippen molar-refractivity contribution in [3.05, 3.63) is 12.2 Å². The number of carboxylic acid groups (broad SMARTS) is 1. The third kappa shape index (κ3) is 4.89. The van der Waals surface area contributed by atoms with Gasteiger partial charge in [-0.05, 0) is 31.6 Å². The van der Waals surface area contributed by atoms with Crippen LogP contribution in [0.25, 0.3) is 0 Å². The number of carbonyl (C=O) groups excluding carboxylic acids is 1. The first-order chi connectivity index (χ1) is 8.13. The summed E-state index contributed by atoms with van der Waals surface area (Å²) in [5, 5.41) is 8.79. The minimum atomic E-state index is -0.825. The SMILES string of the molecule is COC(=O)/C=C/CCC1CCN(C(=O)O)CC1. The second kappa shape index (κ2) is 6.93. The summed E-state index contributed by atoms with van der Waals surface area (Å²) in [5.74, 6) is 0.235. The molecule has 1 heterocycles. The highest BCUT2D eigenvalue weighted by Crippen LogP contribution is 2.21. The van der Waals surface area contributed by atoms with Gasteiger partial charge < -0.3 is 14.7 Å². The molecule has 0 unspecified atom stereocenters. The highest BCUT2D eigenvalue weighted by atomic mass is 16.5. The Balaban J connectivity index is 2.16. The zero-order chi connectivity index (χ0) is 12.7. The molecule has 1 amide bonds. The van der Waals surface area contributed by atoms with Gasteiger partial charge in [0, 0.05) is 19.2 Å². The summed E-state index contributed by atoms with van der Waals surface area (Å²) in [6.45, 7) is 1.25. The lowest BCUT2D eigenvalue weighted by molar-refractivity contribution is -0.134. The van der Waals surface area contributed by atoms with Gasteiger partial charge in [0.25, 0.3) is 0 Å². The van der Waals surface area contributed by atoms with E-state index in [4.69, 9.17) is 5.11 Å². The molecule has 0 aromatic heterocycles. The molecule has 96 valence electrons. The topological polar surface area (TPSA) is 66.8 Å². The smallest absolute Gasteiger partial charge is 0.407 e. The van der Waals surface area contributed by atoms with Crippen molar-refractivity contribution in [1.82, 2.24) is 4.90 Å². The van der Waals surface area contributed by atoms with E-state index in [9.17, 15) is 9.59 Å². The molecule has 0 radical (unpaired) electrons. The molecule has 0 aliphatic carbocycles. The molecule has 1 rings (SSSR count). The number of rotatable bonds is 4. The van der Waals surface area contributed by atoms with Crippen molar-refractivity contribution in [3.8, 4) is 0 Å². The van der Waals surface area contributed by atoms with E-state index in [0.717, 1.165) is 25.7 Å². The number of piperidine rings is 1. The van der Waals surface area contributed by atoms with Gasteiger partial charge in [0.05, 0.1) is 7.11 Å². The quantitative estimate of drug-likeness (QED) is 0.603. The normalized spacial score (nSPS) is 17.4. The molecule has 0 bridgehead atoms. The molecule has 1 aliphatic rings. The van der Waals surface area contributed by atoms with Crippen LogP contribution >= 0.6 is 0 Å². The highest BCUT2D eigenvalue weighted by molar-refractivity contribution is 5.81. The predicted octanol–water partition coefficient (Wildman–Crippen LogP) is 1.89. The number of allylic oxidation sites excluding steroid dienone is 1. The van der Waals surface area contributed by atoms with Crippen LogP contribution in [0.15, 0.2) is 12.2 Å². The Morgan fingerprint density at radius 2 is 2.06 bits per heavy atom. The Labute approximate surface area is 101 Å². The lowest BCUT2D eigenvalue weighted by Crippen LogP contribution is -2.37. The molecule has 5 nitrogen and oxygen atoms in total. The van der Waals surface area contributed by atoms with Gasteiger partial charge in [-0.1, -0.05) is 6.08 Å². The molecule has 17 heavy (non-hydrogen) atoms. The summed E-state index contributed by atoms with van der Waals surface area (Å²) < 4.78 is 4.49. The zero-order valence-electron chi connectivity index (χ0n) is 10.1. The molecule has 0 spiro atoms. The summed E-state index contributed by atoms with van der Waals surface area (Å²) in [7, 11) is 1.36. The van der Waals surface area contributed by atoms with E-state index < -0.39 is 6.09 Å². The van der Waals surface area contributed by atoms with Crippen LogP contribution < -0.4 is 0 Å². The van der Waals surface area contributed by atoms with Gasteiger partial charge in [-0.25, -0.2) is 9.59 Å². The summed E-state index contributed by atoms with van der Waals surface area (Å²) in [6.07, 6.45) is 6.10. The first-order valence-electron chi connectivity index (χ1n) is 5.86. The summed E-state index contributed by atoms with van der Waals surface area (Å²) in [4.78, 5) is 23.0. The van der Waals surface area contributed by atoms with E-state index in [0.29, 0.717) is 19.0 Å². The van der Waals surface area contributed by atoms with E-state index in [1.165, 1.54) is 18.1 Å². The molecule has 0 aromatic carbocycles. The lowest BCUT2D eigenvalue weighted by Gasteiger charge is -2.29. The fourth-order valence-corrected chi connectivity index (χ4v) is 1.99. The summed E-state index contributed by atoms with van der Waals surface area (Å²) >= 11 is 0. The third-order valence-electron chi connectivity index (χ3n) is 3.08. The van der Waals surface area contributed by atoms with Crippen molar-refractivity contribution in [3.63, 3.8) is 0 Å². The number of hydrogen-bond donors (Lipinski definition) is 1. The number of hydrogen-bond acceptors (Lipinski definition) is 3. The third-order valence-corrected chi connectivity index (χ3v) is 3.08.